The molecule has 1 atom stereocenters. The van der Waals surface area contributed by atoms with Gasteiger partial charge in [-0.05, 0) is 24.7 Å². The van der Waals surface area contributed by atoms with E-state index in [2.05, 4.69) is 26.1 Å². The number of nitrogens with one attached hydrogen (secondary N) is 1. The lowest BCUT2D eigenvalue weighted by Gasteiger charge is -2.23. The molecule has 4 heteroatoms. The van der Waals surface area contributed by atoms with Crippen molar-refractivity contribution in [3.8, 4) is 0 Å². The number of amides is 1. The smallest absolute Gasteiger partial charge is 0.240 e. The molecular formula is C11H22N2O2. The van der Waals surface area contributed by atoms with Gasteiger partial charge in [0.25, 0.3) is 0 Å². The Bertz CT molecular complexity index is 241. The van der Waals surface area contributed by atoms with Crippen LogP contribution >= 0.6 is 0 Å². The first kappa shape index (κ1) is 12.5. The van der Waals surface area contributed by atoms with E-state index in [-0.39, 0.29) is 11.3 Å². The second-order valence-electron chi connectivity index (χ2n) is 5.78. The summed E-state index contributed by atoms with van der Waals surface area (Å²) in [5.41, 5.74) is 5.15. The number of hydrogen-bond acceptors (Lipinski definition) is 3. The molecule has 0 radical (unpaired) electrons. The number of aliphatic hydroxyl groups is 1. The summed E-state index contributed by atoms with van der Waals surface area (Å²) in [5.74, 6) is -0.129. The lowest BCUT2D eigenvalue weighted by Crippen LogP contribution is -2.45. The molecule has 1 saturated carbocycles. The Morgan fingerprint density at radius 3 is 2.47 bits per heavy atom. The van der Waals surface area contributed by atoms with Gasteiger partial charge in [-0.2, -0.15) is 0 Å². The SMILES string of the molecule is CC(C)(C)CC(O)CNC(=O)C1(N)CC1. The maximum atomic E-state index is 11.4. The molecule has 1 aliphatic carbocycles. The summed E-state index contributed by atoms with van der Waals surface area (Å²) < 4.78 is 0. The maximum Gasteiger partial charge on any atom is 0.240 e. The van der Waals surface area contributed by atoms with Crippen LogP contribution in [0.2, 0.25) is 0 Å². The van der Waals surface area contributed by atoms with E-state index < -0.39 is 11.6 Å². The van der Waals surface area contributed by atoms with Crippen LogP contribution < -0.4 is 11.1 Å². The van der Waals surface area contributed by atoms with Crippen LogP contribution in [-0.4, -0.2) is 29.2 Å². The second kappa shape index (κ2) is 4.10. The molecule has 88 valence electrons. The molecule has 0 aliphatic heterocycles. The van der Waals surface area contributed by atoms with Crippen LogP contribution in [0.4, 0.5) is 0 Å². The van der Waals surface area contributed by atoms with Crippen LogP contribution in [-0.2, 0) is 4.79 Å². The Kier molecular flexibility index (Phi) is 3.41. The molecule has 1 fully saturated rings. The van der Waals surface area contributed by atoms with Crippen molar-refractivity contribution in [3.63, 3.8) is 0 Å². The van der Waals surface area contributed by atoms with Crippen molar-refractivity contribution < 1.29 is 9.90 Å². The molecular weight excluding hydrogens is 192 g/mol. The van der Waals surface area contributed by atoms with Gasteiger partial charge in [-0.15, -0.1) is 0 Å². The topological polar surface area (TPSA) is 75.3 Å². The van der Waals surface area contributed by atoms with Crippen molar-refractivity contribution in [1.29, 1.82) is 0 Å². The zero-order valence-corrected chi connectivity index (χ0v) is 9.84. The van der Waals surface area contributed by atoms with E-state index in [4.69, 9.17) is 5.73 Å². The molecule has 0 aromatic heterocycles. The lowest BCUT2D eigenvalue weighted by atomic mass is 9.89. The minimum Gasteiger partial charge on any atom is -0.391 e. The molecule has 0 aromatic rings. The first-order chi connectivity index (χ1) is 6.73. The van der Waals surface area contributed by atoms with Crippen molar-refractivity contribution in [2.75, 3.05) is 6.54 Å². The predicted octanol–water partition coefficient (Wildman–Crippen LogP) is 0.391. The fourth-order valence-corrected chi connectivity index (χ4v) is 1.53. The molecule has 1 amide bonds. The van der Waals surface area contributed by atoms with Crippen molar-refractivity contribution in [3.05, 3.63) is 0 Å². The Hall–Kier alpha value is -0.610. The predicted molar refractivity (Wildman–Crippen MR) is 59.2 cm³/mol. The Morgan fingerprint density at radius 2 is 2.07 bits per heavy atom. The number of rotatable bonds is 4. The molecule has 1 aliphatic rings. The van der Waals surface area contributed by atoms with Crippen molar-refractivity contribution >= 4 is 5.91 Å². The number of nitrogens with two attached hydrogens (primary N) is 1. The average Bonchev–Trinajstić information content (AvgIpc) is 2.77. The third-order valence-electron chi connectivity index (χ3n) is 2.59. The standard InChI is InChI=1S/C11H22N2O2/c1-10(2,3)6-8(14)7-13-9(15)11(12)4-5-11/h8,14H,4-7,12H2,1-3H3,(H,13,15). The van der Waals surface area contributed by atoms with Gasteiger partial charge in [0, 0.05) is 6.54 Å². The molecule has 1 rings (SSSR count). The molecule has 15 heavy (non-hydrogen) atoms. The van der Waals surface area contributed by atoms with Crippen molar-refractivity contribution in [1.82, 2.24) is 5.32 Å². The normalized spacial score (nSPS) is 20.9. The van der Waals surface area contributed by atoms with E-state index in [0.717, 1.165) is 12.8 Å². The highest BCUT2D eigenvalue weighted by Crippen LogP contribution is 2.32. The summed E-state index contributed by atoms with van der Waals surface area (Å²) in [6.07, 6.45) is 1.70. The first-order valence-corrected chi connectivity index (χ1v) is 5.48. The van der Waals surface area contributed by atoms with Crippen LogP contribution in [0.25, 0.3) is 0 Å². The molecule has 0 heterocycles. The third kappa shape index (κ3) is 4.18. The molecule has 0 spiro atoms. The van der Waals surface area contributed by atoms with Crippen molar-refractivity contribution in [2.45, 2.75) is 51.7 Å². The highest BCUT2D eigenvalue weighted by atomic mass is 16.3. The maximum absolute atomic E-state index is 11.4. The number of hydrogen-bond donors (Lipinski definition) is 3. The third-order valence-corrected chi connectivity index (χ3v) is 2.59. The van der Waals surface area contributed by atoms with Gasteiger partial charge in [0.05, 0.1) is 11.6 Å². The van der Waals surface area contributed by atoms with Crippen LogP contribution in [0.5, 0.6) is 0 Å². The number of carbonyl (C=O) groups is 1. The Balaban J connectivity index is 2.22. The first-order valence-electron chi connectivity index (χ1n) is 5.48. The second-order valence-corrected chi connectivity index (χ2v) is 5.78. The van der Waals surface area contributed by atoms with Gasteiger partial charge >= 0.3 is 0 Å². The van der Waals surface area contributed by atoms with Crippen molar-refractivity contribution in [2.24, 2.45) is 11.1 Å². The Morgan fingerprint density at radius 1 is 1.53 bits per heavy atom. The monoisotopic (exact) mass is 214 g/mol. The lowest BCUT2D eigenvalue weighted by molar-refractivity contribution is -0.123. The highest BCUT2D eigenvalue weighted by molar-refractivity contribution is 5.88. The van der Waals surface area contributed by atoms with Crippen LogP contribution in [0.15, 0.2) is 0 Å². The summed E-state index contributed by atoms with van der Waals surface area (Å²) >= 11 is 0. The largest absolute Gasteiger partial charge is 0.391 e. The van der Waals surface area contributed by atoms with Crippen LogP contribution in [0.3, 0.4) is 0 Å². The summed E-state index contributed by atoms with van der Waals surface area (Å²) in [5, 5.41) is 12.4. The van der Waals surface area contributed by atoms with Gasteiger partial charge in [-0.3, -0.25) is 4.79 Å². The fourth-order valence-electron chi connectivity index (χ4n) is 1.53. The van der Waals surface area contributed by atoms with Gasteiger partial charge < -0.3 is 16.2 Å². The van der Waals surface area contributed by atoms with E-state index in [0.29, 0.717) is 13.0 Å². The van der Waals surface area contributed by atoms with E-state index in [1.165, 1.54) is 0 Å². The summed E-state index contributed by atoms with van der Waals surface area (Å²) in [6.45, 7) is 6.48. The van der Waals surface area contributed by atoms with E-state index >= 15 is 0 Å². The minimum absolute atomic E-state index is 0.0735. The van der Waals surface area contributed by atoms with Crippen LogP contribution in [0, 0.1) is 5.41 Å². The number of aliphatic hydroxyl groups excluding tert-OH is 1. The zero-order valence-electron chi connectivity index (χ0n) is 9.84. The van der Waals surface area contributed by atoms with Gasteiger partial charge in [0.2, 0.25) is 5.91 Å². The molecule has 4 nitrogen and oxygen atoms in total. The molecule has 0 saturated heterocycles. The van der Waals surface area contributed by atoms with E-state index in [1.54, 1.807) is 0 Å². The summed E-state index contributed by atoms with van der Waals surface area (Å²) in [7, 11) is 0. The fraction of sp³-hybridized carbons (Fsp3) is 0.909. The zero-order chi connectivity index (χ0) is 11.7. The molecule has 1 unspecified atom stereocenters. The molecule has 0 aromatic carbocycles. The van der Waals surface area contributed by atoms with Gasteiger partial charge in [0.1, 0.15) is 0 Å². The van der Waals surface area contributed by atoms with Gasteiger partial charge in [-0.1, -0.05) is 20.8 Å². The van der Waals surface area contributed by atoms with Gasteiger partial charge in [0.15, 0.2) is 0 Å². The quantitative estimate of drug-likeness (QED) is 0.633. The Labute approximate surface area is 91.2 Å². The molecule has 0 bridgehead atoms. The summed E-state index contributed by atoms with van der Waals surface area (Å²) in [4.78, 5) is 11.4. The average molecular weight is 214 g/mol. The molecule has 4 N–H and O–H groups in total. The van der Waals surface area contributed by atoms with Gasteiger partial charge in [-0.25, -0.2) is 0 Å². The number of carbonyl (C=O) groups excluding carboxylic acids is 1. The highest BCUT2D eigenvalue weighted by Gasteiger charge is 2.45. The van der Waals surface area contributed by atoms with E-state index in [9.17, 15) is 9.90 Å². The van der Waals surface area contributed by atoms with E-state index in [1.807, 2.05) is 0 Å². The van der Waals surface area contributed by atoms with Crippen LogP contribution in [0.1, 0.15) is 40.0 Å². The summed E-state index contributed by atoms with van der Waals surface area (Å²) in [6, 6.07) is 0. The minimum atomic E-state index is -0.637.